The molecule has 0 spiro atoms. The van der Waals surface area contributed by atoms with Gasteiger partial charge in [-0.15, -0.1) is 0 Å². The maximum absolute atomic E-state index is 12.3. The fourth-order valence-electron chi connectivity index (χ4n) is 2.79. The van der Waals surface area contributed by atoms with Crippen molar-refractivity contribution in [3.63, 3.8) is 0 Å². The Labute approximate surface area is 143 Å². The highest BCUT2D eigenvalue weighted by molar-refractivity contribution is 6.15. The lowest BCUT2D eigenvalue weighted by Crippen LogP contribution is -2.35. The van der Waals surface area contributed by atoms with E-state index in [1.54, 1.807) is 25.1 Å². The Hall–Kier alpha value is -3.35. The predicted molar refractivity (Wildman–Crippen MR) is 92.1 cm³/mol. The van der Waals surface area contributed by atoms with Gasteiger partial charge in [0.2, 0.25) is 0 Å². The first-order valence-electron chi connectivity index (χ1n) is 7.63. The van der Waals surface area contributed by atoms with Crippen LogP contribution in [-0.4, -0.2) is 22.4 Å². The summed E-state index contributed by atoms with van der Waals surface area (Å²) in [5.74, 6) is -0.940. The molecular formula is C18H15N3O4. The quantitative estimate of drug-likeness (QED) is 0.662. The second kappa shape index (κ2) is 6.27. The SMILES string of the molecule is CC1=C(C)C2C=CC(=NC(=O)c3ccccc3[N+](=O)[O-])C=C2NC1=O. The van der Waals surface area contributed by atoms with Crippen molar-refractivity contribution in [1.29, 1.82) is 0 Å². The van der Waals surface area contributed by atoms with E-state index >= 15 is 0 Å². The molecule has 3 rings (SSSR count). The van der Waals surface area contributed by atoms with Crippen LogP contribution in [0.2, 0.25) is 0 Å². The standard InChI is InChI=1S/C18H15N3O4/c1-10-11(2)17(22)20-15-9-12(7-8-13(10)15)19-18(23)14-5-3-4-6-16(14)21(24)25/h3-9,13H,1-2H3,(H,20,22). The van der Waals surface area contributed by atoms with E-state index in [0.717, 1.165) is 5.57 Å². The third-order valence-corrected chi connectivity index (χ3v) is 4.32. The molecule has 1 aliphatic heterocycles. The maximum Gasteiger partial charge on any atom is 0.284 e. The van der Waals surface area contributed by atoms with Gasteiger partial charge in [-0.25, -0.2) is 4.99 Å². The van der Waals surface area contributed by atoms with Crippen molar-refractivity contribution in [2.24, 2.45) is 10.9 Å². The van der Waals surface area contributed by atoms with E-state index in [0.29, 0.717) is 17.0 Å². The zero-order valence-electron chi connectivity index (χ0n) is 13.6. The van der Waals surface area contributed by atoms with Crippen LogP contribution in [0.1, 0.15) is 24.2 Å². The Morgan fingerprint density at radius 1 is 1.28 bits per heavy atom. The van der Waals surface area contributed by atoms with E-state index in [-0.39, 0.29) is 23.1 Å². The molecule has 126 valence electrons. The molecule has 0 fully saturated rings. The van der Waals surface area contributed by atoms with Crippen LogP contribution in [0, 0.1) is 16.0 Å². The van der Waals surface area contributed by atoms with Gasteiger partial charge in [0, 0.05) is 23.3 Å². The number of nitrogens with zero attached hydrogens (tertiary/aromatic N) is 2. The van der Waals surface area contributed by atoms with Crippen molar-refractivity contribution >= 4 is 23.2 Å². The maximum atomic E-state index is 12.3. The van der Waals surface area contributed by atoms with E-state index in [4.69, 9.17) is 0 Å². The van der Waals surface area contributed by atoms with Gasteiger partial charge in [0.15, 0.2) is 0 Å². The van der Waals surface area contributed by atoms with Crippen molar-refractivity contribution in [3.05, 3.63) is 75.0 Å². The number of fused-ring (bicyclic) bond motifs is 1. The number of carbonyl (C=O) groups is 2. The molecule has 1 heterocycles. The molecule has 1 aromatic carbocycles. The van der Waals surface area contributed by atoms with Crippen molar-refractivity contribution in [3.8, 4) is 0 Å². The summed E-state index contributed by atoms with van der Waals surface area (Å²) in [6, 6.07) is 5.66. The first-order valence-corrected chi connectivity index (χ1v) is 7.63. The highest BCUT2D eigenvalue weighted by Crippen LogP contribution is 2.30. The third-order valence-electron chi connectivity index (χ3n) is 4.32. The van der Waals surface area contributed by atoms with Crippen LogP contribution in [0.4, 0.5) is 5.69 Å². The fraction of sp³-hybridized carbons (Fsp3) is 0.167. The molecule has 1 aromatic rings. The molecule has 2 aliphatic rings. The van der Waals surface area contributed by atoms with Crippen LogP contribution in [0.3, 0.4) is 0 Å². The average molecular weight is 337 g/mol. The number of benzene rings is 1. The highest BCUT2D eigenvalue weighted by atomic mass is 16.6. The van der Waals surface area contributed by atoms with Crippen LogP contribution >= 0.6 is 0 Å². The second-order valence-electron chi connectivity index (χ2n) is 5.81. The van der Waals surface area contributed by atoms with Crippen molar-refractivity contribution in [2.45, 2.75) is 13.8 Å². The second-order valence-corrected chi connectivity index (χ2v) is 5.81. The zero-order chi connectivity index (χ0) is 18.1. The number of hydrogen-bond donors (Lipinski definition) is 1. The van der Waals surface area contributed by atoms with Crippen LogP contribution in [0.25, 0.3) is 0 Å². The lowest BCUT2D eigenvalue weighted by molar-refractivity contribution is -0.385. The Morgan fingerprint density at radius 2 is 2.00 bits per heavy atom. The molecule has 0 bridgehead atoms. The van der Waals surface area contributed by atoms with E-state index in [1.807, 2.05) is 13.0 Å². The van der Waals surface area contributed by atoms with Crippen molar-refractivity contribution in [2.75, 3.05) is 0 Å². The third kappa shape index (κ3) is 3.03. The molecule has 7 heteroatoms. The molecule has 1 atom stereocenters. The van der Waals surface area contributed by atoms with Gasteiger partial charge in [-0.1, -0.05) is 23.8 Å². The number of para-hydroxylation sites is 1. The van der Waals surface area contributed by atoms with Crippen LogP contribution in [-0.2, 0) is 4.79 Å². The lowest BCUT2D eigenvalue weighted by Gasteiger charge is -2.28. The number of aliphatic imine (C=N–C) groups is 1. The van der Waals surface area contributed by atoms with Gasteiger partial charge in [0.25, 0.3) is 17.5 Å². The van der Waals surface area contributed by atoms with Gasteiger partial charge in [-0.2, -0.15) is 0 Å². The number of nitro groups is 1. The summed E-state index contributed by atoms with van der Waals surface area (Å²) in [5, 5.41) is 13.8. The summed E-state index contributed by atoms with van der Waals surface area (Å²) in [6.45, 7) is 3.65. The summed E-state index contributed by atoms with van der Waals surface area (Å²) in [5.41, 5.74) is 2.22. The van der Waals surface area contributed by atoms with Crippen LogP contribution < -0.4 is 5.32 Å². The number of hydrogen-bond acceptors (Lipinski definition) is 4. The topological polar surface area (TPSA) is 102 Å². The molecule has 1 aliphatic carbocycles. The molecular weight excluding hydrogens is 322 g/mol. The molecule has 1 unspecified atom stereocenters. The molecule has 7 nitrogen and oxygen atoms in total. The molecule has 0 aromatic heterocycles. The van der Waals surface area contributed by atoms with Gasteiger partial charge in [-0.3, -0.25) is 19.7 Å². The number of carbonyl (C=O) groups excluding carboxylic acids is 2. The number of allylic oxidation sites excluding steroid dienone is 3. The summed E-state index contributed by atoms with van der Waals surface area (Å²) in [7, 11) is 0. The summed E-state index contributed by atoms with van der Waals surface area (Å²) in [4.78, 5) is 38.6. The van der Waals surface area contributed by atoms with Crippen molar-refractivity contribution in [1.82, 2.24) is 5.32 Å². The molecule has 0 saturated carbocycles. The Bertz CT molecular complexity index is 922. The summed E-state index contributed by atoms with van der Waals surface area (Å²) >= 11 is 0. The number of amides is 2. The lowest BCUT2D eigenvalue weighted by atomic mass is 9.85. The van der Waals surface area contributed by atoms with E-state index in [9.17, 15) is 19.7 Å². The highest BCUT2D eigenvalue weighted by Gasteiger charge is 2.28. The average Bonchev–Trinajstić information content (AvgIpc) is 2.59. The minimum Gasteiger partial charge on any atom is -0.325 e. The first kappa shape index (κ1) is 16.5. The van der Waals surface area contributed by atoms with E-state index < -0.39 is 10.8 Å². The Kier molecular flexibility index (Phi) is 4.14. The van der Waals surface area contributed by atoms with Gasteiger partial charge >= 0.3 is 0 Å². The number of nitrogens with one attached hydrogen (secondary N) is 1. The Balaban J connectivity index is 1.94. The van der Waals surface area contributed by atoms with Crippen molar-refractivity contribution < 1.29 is 14.5 Å². The predicted octanol–water partition coefficient (Wildman–Crippen LogP) is 2.71. The smallest absolute Gasteiger partial charge is 0.284 e. The molecule has 1 N–H and O–H groups in total. The molecule has 2 amide bonds. The zero-order valence-corrected chi connectivity index (χ0v) is 13.6. The monoisotopic (exact) mass is 337 g/mol. The van der Waals surface area contributed by atoms with Gasteiger partial charge in [0.05, 0.1) is 10.6 Å². The summed E-state index contributed by atoms with van der Waals surface area (Å²) < 4.78 is 0. The van der Waals surface area contributed by atoms with E-state index in [2.05, 4.69) is 10.3 Å². The number of nitro benzene ring substituents is 1. The molecule has 0 saturated heterocycles. The van der Waals surface area contributed by atoms with E-state index in [1.165, 1.54) is 18.2 Å². The molecule has 25 heavy (non-hydrogen) atoms. The number of rotatable bonds is 2. The Morgan fingerprint density at radius 3 is 2.72 bits per heavy atom. The summed E-state index contributed by atoms with van der Waals surface area (Å²) in [6.07, 6.45) is 5.14. The van der Waals surface area contributed by atoms with Crippen LogP contribution in [0.5, 0.6) is 0 Å². The first-order chi connectivity index (χ1) is 11.9. The van der Waals surface area contributed by atoms with Gasteiger partial charge in [0.1, 0.15) is 5.56 Å². The van der Waals surface area contributed by atoms with Gasteiger partial charge in [-0.05, 0) is 32.1 Å². The normalized spacial score (nSPS) is 20.9. The van der Waals surface area contributed by atoms with Crippen LogP contribution in [0.15, 0.2) is 64.3 Å². The minimum absolute atomic E-state index is 0.0576. The fourth-order valence-corrected chi connectivity index (χ4v) is 2.79. The largest absolute Gasteiger partial charge is 0.325 e. The minimum atomic E-state index is -0.701. The molecule has 0 radical (unpaired) electrons. The van der Waals surface area contributed by atoms with Gasteiger partial charge < -0.3 is 5.32 Å².